The Morgan fingerprint density at radius 1 is 1.15 bits per heavy atom. The van der Waals surface area contributed by atoms with Crippen molar-refractivity contribution < 1.29 is 14.9 Å². The number of ether oxygens (including phenoxy) is 1. The summed E-state index contributed by atoms with van der Waals surface area (Å²) in [6.45, 7) is 3.37. The summed E-state index contributed by atoms with van der Waals surface area (Å²) < 4.78 is 10.3. The highest BCUT2D eigenvalue weighted by atomic mass is 35.5. The van der Waals surface area contributed by atoms with Crippen LogP contribution in [0.5, 0.6) is 11.5 Å². The Kier molecular flexibility index (Phi) is 8.53. The summed E-state index contributed by atoms with van der Waals surface area (Å²) in [6.07, 6.45) is 4.04. The summed E-state index contributed by atoms with van der Waals surface area (Å²) in [6, 6.07) is 9.45. The summed E-state index contributed by atoms with van der Waals surface area (Å²) in [5.74, 6) is 1.69. The van der Waals surface area contributed by atoms with Crippen LogP contribution in [-0.2, 0) is 0 Å². The molecule has 172 valence electrons. The van der Waals surface area contributed by atoms with Crippen LogP contribution in [0.4, 0.5) is 10.9 Å². The van der Waals surface area contributed by atoms with Gasteiger partial charge in [0.1, 0.15) is 11.1 Å². The monoisotopic (exact) mass is 504 g/mol. The number of nitrogens with zero attached hydrogens (tertiary/aromatic N) is 5. The molecule has 33 heavy (non-hydrogen) atoms. The lowest BCUT2D eigenvalue weighted by Crippen LogP contribution is -2.05. The standard InChI is InChI=1S/C21H20N6O3S2.ClH/c1-12-6-8-22-13(2)18(12)30-16-9-14(31-17-5-3-4-7-23-17)10-24-20(16)26-21-25-19(27-32-21)15(29)11-28;/h3-10,15,28-29H,11H2,1-2H3,(H,24,25,26,27);1H/t15-;/m1./s1. The number of hydrogen-bond donors (Lipinski definition) is 3. The highest BCUT2D eigenvalue weighted by Gasteiger charge is 2.17. The van der Waals surface area contributed by atoms with Gasteiger partial charge in [0.2, 0.25) is 5.13 Å². The fraction of sp³-hybridized carbons (Fsp3) is 0.190. The number of anilines is 2. The Balaban J connectivity index is 0.00000306. The lowest BCUT2D eigenvalue weighted by Gasteiger charge is -2.15. The van der Waals surface area contributed by atoms with Gasteiger partial charge in [-0.2, -0.15) is 4.37 Å². The number of halogens is 1. The zero-order valence-electron chi connectivity index (χ0n) is 17.7. The van der Waals surface area contributed by atoms with Crippen LogP contribution in [0.2, 0.25) is 0 Å². The Bertz CT molecular complexity index is 1190. The minimum atomic E-state index is -1.14. The number of hydrogen-bond acceptors (Lipinski definition) is 11. The molecule has 0 aliphatic heterocycles. The Labute approximate surface area is 204 Å². The van der Waals surface area contributed by atoms with Crippen molar-refractivity contribution in [1.29, 1.82) is 0 Å². The minimum absolute atomic E-state index is 0. The fourth-order valence-electron chi connectivity index (χ4n) is 2.73. The number of aromatic nitrogens is 5. The van der Waals surface area contributed by atoms with E-state index >= 15 is 0 Å². The lowest BCUT2D eigenvalue weighted by atomic mass is 10.2. The topological polar surface area (TPSA) is 126 Å². The van der Waals surface area contributed by atoms with Crippen molar-refractivity contribution in [3.63, 3.8) is 0 Å². The van der Waals surface area contributed by atoms with E-state index in [0.717, 1.165) is 32.7 Å². The molecule has 0 aliphatic rings. The summed E-state index contributed by atoms with van der Waals surface area (Å²) in [7, 11) is 0. The first-order valence-electron chi connectivity index (χ1n) is 9.62. The molecule has 3 N–H and O–H groups in total. The second kappa shape index (κ2) is 11.3. The van der Waals surface area contributed by atoms with Gasteiger partial charge in [0.05, 0.1) is 12.3 Å². The third kappa shape index (κ3) is 6.15. The van der Waals surface area contributed by atoms with E-state index in [0.29, 0.717) is 22.4 Å². The predicted molar refractivity (Wildman–Crippen MR) is 129 cm³/mol. The van der Waals surface area contributed by atoms with E-state index in [1.54, 1.807) is 18.6 Å². The lowest BCUT2D eigenvalue weighted by molar-refractivity contribution is 0.0897. The first-order chi connectivity index (χ1) is 15.5. The van der Waals surface area contributed by atoms with Crippen LogP contribution in [0.1, 0.15) is 23.2 Å². The fourth-order valence-corrected chi connectivity index (χ4v) is 4.12. The molecule has 0 bridgehead atoms. The molecule has 1 atom stereocenters. The zero-order valence-corrected chi connectivity index (χ0v) is 20.1. The molecule has 0 aromatic carbocycles. The van der Waals surface area contributed by atoms with Crippen LogP contribution in [0.3, 0.4) is 0 Å². The normalized spacial score (nSPS) is 11.5. The van der Waals surface area contributed by atoms with E-state index in [4.69, 9.17) is 9.84 Å². The average Bonchev–Trinajstić information content (AvgIpc) is 3.27. The van der Waals surface area contributed by atoms with Gasteiger partial charge in [0.25, 0.3) is 0 Å². The second-order valence-corrected chi connectivity index (χ2v) is 8.56. The van der Waals surface area contributed by atoms with Crippen LogP contribution >= 0.6 is 35.7 Å². The van der Waals surface area contributed by atoms with Crippen LogP contribution in [0.15, 0.2) is 58.8 Å². The van der Waals surface area contributed by atoms with Gasteiger partial charge < -0.3 is 20.3 Å². The molecule has 4 aromatic heterocycles. The molecule has 0 saturated heterocycles. The first-order valence-corrected chi connectivity index (χ1v) is 11.2. The molecular formula is C21H21ClN6O3S2. The molecular weight excluding hydrogens is 484 g/mol. The molecule has 4 rings (SSSR count). The van der Waals surface area contributed by atoms with E-state index < -0.39 is 12.7 Å². The van der Waals surface area contributed by atoms with Crippen molar-refractivity contribution >= 4 is 46.7 Å². The second-order valence-electron chi connectivity index (χ2n) is 6.71. The molecule has 0 radical (unpaired) electrons. The van der Waals surface area contributed by atoms with Gasteiger partial charge in [-0.1, -0.05) is 17.8 Å². The first kappa shape index (κ1) is 24.8. The Hall–Kier alpha value is -2.83. The van der Waals surface area contributed by atoms with Gasteiger partial charge in [-0.3, -0.25) is 4.98 Å². The number of pyridine rings is 3. The van der Waals surface area contributed by atoms with Gasteiger partial charge in [0, 0.05) is 41.1 Å². The van der Waals surface area contributed by atoms with E-state index in [1.165, 1.54) is 11.8 Å². The maximum atomic E-state index is 9.74. The molecule has 0 aliphatic carbocycles. The largest absolute Gasteiger partial charge is 0.451 e. The number of nitrogens with one attached hydrogen (secondary N) is 1. The van der Waals surface area contributed by atoms with Crippen LogP contribution in [0.25, 0.3) is 0 Å². The van der Waals surface area contributed by atoms with Gasteiger partial charge in [-0.25, -0.2) is 15.0 Å². The van der Waals surface area contributed by atoms with Crippen molar-refractivity contribution in [1.82, 2.24) is 24.3 Å². The van der Waals surface area contributed by atoms with Crippen molar-refractivity contribution in [2.45, 2.75) is 29.9 Å². The Morgan fingerprint density at radius 2 is 2.00 bits per heavy atom. The quantitative estimate of drug-likeness (QED) is 0.316. The average molecular weight is 505 g/mol. The van der Waals surface area contributed by atoms with Gasteiger partial charge in [0.15, 0.2) is 23.1 Å². The van der Waals surface area contributed by atoms with E-state index in [1.807, 2.05) is 44.2 Å². The van der Waals surface area contributed by atoms with Gasteiger partial charge in [-0.15, -0.1) is 12.4 Å². The molecule has 0 spiro atoms. The SMILES string of the molecule is Cc1ccnc(C)c1Oc1cc(Sc2ccccn2)cnc1Nc1nc([C@H](O)CO)ns1.Cl. The van der Waals surface area contributed by atoms with Crippen LogP contribution in [-0.4, -0.2) is 41.1 Å². The van der Waals surface area contributed by atoms with Crippen molar-refractivity contribution in [3.05, 3.63) is 66.0 Å². The van der Waals surface area contributed by atoms with Crippen LogP contribution in [0, 0.1) is 13.8 Å². The summed E-state index contributed by atoms with van der Waals surface area (Å²) >= 11 is 2.51. The highest BCUT2D eigenvalue weighted by Crippen LogP contribution is 2.37. The van der Waals surface area contributed by atoms with E-state index in [9.17, 15) is 5.11 Å². The summed E-state index contributed by atoms with van der Waals surface area (Å²) in [4.78, 5) is 18.2. The third-order valence-electron chi connectivity index (χ3n) is 4.32. The molecule has 9 nitrogen and oxygen atoms in total. The minimum Gasteiger partial charge on any atom is -0.451 e. The van der Waals surface area contributed by atoms with Crippen molar-refractivity contribution in [3.8, 4) is 11.5 Å². The van der Waals surface area contributed by atoms with Crippen LogP contribution < -0.4 is 10.1 Å². The Morgan fingerprint density at radius 3 is 2.73 bits per heavy atom. The van der Waals surface area contributed by atoms with Crippen molar-refractivity contribution in [2.24, 2.45) is 0 Å². The number of aliphatic hydroxyl groups excluding tert-OH is 2. The van der Waals surface area contributed by atoms with Gasteiger partial charge in [-0.05, 0) is 37.6 Å². The molecule has 4 heterocycles. The molecule has 0 fully saturated rings. The maximum Gasteiger partial charge on any atom is 0.208 e. The molecule has 12 heteroatoms. The van der Waals surface area contributed by atoms with E-state index in [2.05, 4.69) is 29.6 Å². The predicted octanol–water partition coefficient (Wildman–Crippen LogP) is 4.47. The third-order valence-corrected chi connectivity index (χ3v) is 5.87. The van der Waals surface area contributed by atoms with Gasteiger partial charge >= 0.3 is 0 Å². The smallest absolute Gasteiger partial charge is 0.208 e. The number of aryl methyl sites for hydroxylation is 2. The number of aliphatic hydroxyl groups is 2. The van der Waals surface area contributed by atoms with E-state index in [-0.39, 0.29) is 18.2 Å². The highest BCUT2D eigenvalue weighted by molar-refractivity contribution is 7.99. The molecule has 0 unspecified atom stereocenters. The summed E-state index contributed by atoms with van der Waals surface area (Å²) in [5, 5.41) is 23.2. The maximum absolute atomic E-state index is 9.74. The number of rotatable bonds is 8. The van der Waals surface area contributed by atoms with Crippen molar-refractivity contribution in [2.75, 3.05) is 11.9 Å². The molecule has 4 aromatic rings. The molecule has 0 saturated carbocycles. The summed E-state index contributed by atoms with van der Waals surface area (Å²) in [5.41, 5.74) is 1.69. The molecule has 0 amide bonds. The zero-order chi connectivity index (χ0) is 22.5.